The van der Waals surface area contributed by atoms with E-state index in [-0.39, 0.29) is 25.8 Å². The summed E-state index contributed by atoms with van der Waals surface area (Å²) >= 11 is 1.20. The van der Waals surface area contributed by atoms with Crippen molar-refractivity contribution in [3.63, 3.8) is 0 Å². The van der Waals surface area contributed by atoms with Gasteiger partial charge >= 0.3 is 1.43 Å². The number of amides is 1. The minimum absolute atomic E-state index is 0. The van der Waals surface area contributed by atoms with Crippen LogP contribution in [0.5, 0.6) is 0 Å². The smallest absolute Gasteiger partial charge is 1.00 e. The van der Waals surface area contributed by atoms with Gasteiger partial charge < -0.3 is 42.9 Å². The summed E-state index contributed by atoms with van der Waals surface area (Å²) in [5.41, 5.74) is -0.755. The van der Waals surface area contributed by atoms with Gasteiger partial charge in [-0.25, -0.2) is 0 Å². The first-order valence-corrected chi connectivity index (χ1v) is 10.9. The molecule has 9 atom stereocenters. The van der Waals surface area contributed by atoms with E-state index in [2.05, 4.69) is 12.2 Å². The third-order valence-corrected chi connectivity index (χ3v) is 6.51. The first kappa shape index (κ1) is 25.9. The zero-order valence-electron chi connectivity index (χ0n) is 17.9. The summed E-state index contributed by atoms with van der Waals surface area (Å²) in [6.07, 6.45) is -1.50. The van der Waals surface area contributed by atoms with Crippen molar-refractivity contribution in [1.29, 1.82) is 0 Å². The molecular formula is C18H35ClN2O6S. The number of aliphatic hydroxyl groups is 4. The summed E-state index contributed by atoms with van der Waals surface area (Å²) in [6.45, 7) is 4.48. The molecule has 1 amide bonds. The largest absolute Gasteiger partial charge is 1.00 e. The number of thioether (sulfide) groups is 1. The van der Waals surface area contributed by atoms with Crippen LogP contribution in [0, 0.1) is 5.92 Å². The van der Waals surface area contributed by atoms with Gasteiger partial charge in [0.25, 0.3) is 0 Å². The molecule has 28 heavy (non-hydrogen) atoms. The van der Waals surface area contributed by atoms with Gasteiger partial charge in [-0.05, 0) is 39.0 Å². The summed E-state index contributed by atoms with van der Waals surface area (Å²) in [5.74, 6) is 0.245. The summed E-state index contributed by atoms with van der Waals surface area (Å²) in [7, 11) is 1.91. The van der Waals surface area contributed by atoms with Crippen LogP contribution < -0.4 is 17.7 Å². The van der Waals surface area contributed by atoms with Crippen LogP contribution in [0.25, 0.3) is 0 Å². The van der Waals surface area contributed by atoms with Crippen LogP contribution in [-0.2, 0) is 9.53 Å². The van der Waals surface area contributed by atoms with Gasteiger partial charge in [-0.2, -0.15) is 0 Å². The van der Waals surface area contributed by atoms with Gasteiger partial charge in [0, 0.05) is 6.54 Å². The quantitative estimate of drug-likeness (QED) is 0.273. The number of carbonyl (C=O) groups excluding carboxylic acids is 1. The van der Waals surface area contributed by atoms with Crippen molar-refractivity contribution in [2.45, 2.75) is 81.1 Å². The highest BCUT2D eigenvalue weighted by molar-refractivity contribution is 7.99. The Bertz CT molecular complexity index is 507. The van der Waals surface area contributed by atoms with E-state index in [9.17, 15) is 25.2 Å². The fourth-order valence-corrected chi connectivity index (χ4v) is 4.81. The van der Waals surface area contributed by atoms with E-state index < -0.39 is 42.0 Å². The van der Waals surface area contributed by atoms with Gasteiger partial charge in [-0.15, -0.1) is 11.8 Å². The van der Waals surface area contributed by atoms with Crippen LogP contribution in [0.4, 0.5) is 0 Å². The van der Waals surface area contributed by atoms with E-state index in [1.165, 1.54) is 18.7 Å². The molecule has 0 aliphatic carbocycles. The van der Waals surface area contributed by atoms with E-state index in [1.54, 1.807) is 6.26 Å². The van der Waals surface area contributed by atoms with Gasteiger partial charge in [-0.3, -0.25) is 9.69 Å². The third-order valence-electron chi connectivity index (χ3n) is 5.66. The zero-order chi connectivity index (χ0) is 20.3. The number of aliphatic hydroxyl groups excluding tert-OH is 4. The molecule has 0 aromatic carbocycles. The van der Waals surface area contributed by atoms with Gasteiger partial charge in [0.1, 0.15) is 29.9 Å². The Balaban J connectivity index is 0.00000392. The van der Waals surface area contributed by atoms with E-state index in [4.69, 9.17) is 4.74 Å². The van der Waals surface area contributed by atoms with Gasteiger partial charge in [0.2, 0.25) is 5.91 Å². The molecule has 8 nitrogen and oxygen atoms in total. The molecule has 2 fully saturated rings. The van der Waals surface area contributed by atoms with Gasteiger partial charge in [-0.1, -0.05) is 13.3 Å². The molecule has 0 radical (unpaired) electrons. The molecule has 0 aromatic heterocycles. The molecule has 2 aliphatic rings. The average molecular weight is 443 g/mol. The van der Waals surface area contributed by atoms with Crippen LogP contribution in [0.15, 0.2) is 0 Å². The molecule has 5 N–H and O–H groups in total. The van der Waals surface area contributed by atoms with Crippen LogP contribution in [0.2, 0.25) is 0 Å². The van der Waals surface area contributed by atoms with Gasteiger partial charge in [0.15, 0.2) is 0 Å². The topological polar surface area (TPSA) is 122 Å². The lowest BCUT2D eigenvalue weighted by atomic mass is 9.92. The highest BCUT2D eigenvalue weighted by Crippen LogP contribution is 2.30. The Kier molecular flexibility index (Phi) is 10.5. The van der Waals surface area contributed by atoms with Gasteiger partial charge in [0.05, 0.1) is 18.2 Å². The van der Waals surface area contributed by atoms with Crippen molar-refractivity contribution in [3.8, 4) is 0 Å². The first-order chi connectivity index (χ1) is 12.7. The predicted octanol–water partition coefficient (Wildman–Crippen LogP) is -3.74. The first-order valence-electron chi connectivity index (χ1n) is 9.62. The number of likely N-dealkylation sites (N-methyl/N-ethyl adjacent to an activating group) is 1. The molecule has 0 unspecified atom stereocenters. The van der Waals surface area contributed by atoms with Crippen molar-refractivity contribution in [2.75, 3.05) is 19.8 Å². The maximum atomic E-state index is 12.8. The molecular weight excluding hydrogens is 408 g/mol. The van der Waals surface area contributed by atoms with Crippen molar-refractivity contribution in [3.05, 3.63) is 0 Å². The molecule has 10 heteroatoms. The Morgan fingerprint density at radius 3 is 2.50 bits per heavy atom. The second kappa shape index (κ2) is 11.3. The van der Waals surface area contributed by atoms with E-state index in [0.717, 1.165) is 25.8 Å². The van der Waals surface area contributed by atoms with Crippen LogP contribution in [-0.4, -0.2) is 99.1 Å². The number of hydrogen-bond acceptors (Lipinski definition) is 8. The maximum Gasteiger partial charge on any atom is 1.00 e. The number of carbonyl (C=O) groups is 1. The van der Waals surface area contributed by atoms with Crippen molar-refractivity contribution < 1.29 is 43.8 Å². The van der Waals surface area contributed by atoms with E-state index >= 15 is 0 Å². The molecule has 2 heterocycles. The monoisotopic (exact) mass is 442 g/mol. The van der Waals surface area contributed by atoms with Crippen LogP contribution >= 0.6 is 11.8 Å². The Morgan fingerprint density at radius 1 is 1.32 bits per heavy atom. The number of rotatable bonds is 7. The van der Waals surface area contributed by atoms with Crippen molar-refractivity contribution in [1.82, 2.24) is 10.2 Å². The Hall–Kier alpha value is -0.130. The normalized spacial score (nSPS) is 38.5. The maximum absolute atomic E-state index is 12.8. The predicted molar refractivity (Wildman–Crippen MR) is 104 cm³/mol. The van der Waals surface area contributed by atoms with Crippen LogP contribution in [0.3, 0.4) is 0 Å². The number of nitrogens with one attached hydrogen (secondary N) is 1. The lowest BCUT2D eigenvalue weighted by Crippen LogP contribution is -3.00. The van der Waals surface area contributed by atoms with Crippen molar-refractivity contribution in [2.24, 2.45) is 5.92 Å². The number of halogens is 1. The summed E-state index contributed by atoms with van der Waals surface area (Å²) in [4.78, 5) is 14.9. The molecule has 2 aliphatic heterocycles. The standard InChI is InChI=1S/C18H34N2O6S.ClH/c1-5-6-10-7-11(20(3)8-10)17(25)19-12(9(2)21)16-14(23)13(22)15(24)18(26-16)27-4;/h9-16,18,21-24H,5-8H2,1-4H3,(H,19,25);1H/t9-,10-,11+,12-,13+,14+,15-,16-,18-;/m1./s1. The fraction of sp³-hybridized carbons (Fsp3) is 0.944. The molecule has 2 saturated heterocycles. The lowest BCUT2D eigenvalue weighted by Gasteiger charge is -2.44. The summed E-state index contributed by atoms with van der Waals surface area (Å²) in [6, 6.07) is -1.20. The SMILES string of the molecule is CCC[C@@H]1C[C@@H](C(=O)N[C@@H]([C@H]2O[C@H](SC)[C@H](O)[C@@H](O)[C@@H]2O)[C@@H](C)O)N(C)C1.[Cl-].[H+]. The highest BCUT2D eigenvalue weighted by atomic mass is 35.5. The number of likely N-dealkylation sites (tertiary alicyclic amines) is 1. The van der Waals surface area contributed by atoms with E-state index in [0.29, 0.717) is 5.92 Å². The molecule has 2 rings (SSSR count). The average Bonchev–Trinajstić information content (AvgIpc) is 2.99. The Morgan fingerprint density at radius 2 is 1.96 bits per heavy atom. The molecule has 0 aromatic rings. The fourth-order valence-electron chi connectivity index (χ4n) is 4.13. The second-order valence-corrected chi connectivity index (χ2v) is 8.73. The Labute approximate surface area is 178 Å². The lowest BCUT2D eigenvalue weighted by molar-refractivity contribution is -0.211. The molecule has 0 spiro atoms. The molecule has 0 bridgehead atoms. The second-order valence-electron chi connectivity index (χ2n) is 7.80. The zero-order valence-corrected chi connectivity index (χ0v) is 18.4. The molecule has 0 saturated carbocycles. The molecule has 166 valence electrons. The van der Waals surface area contributed by atoms with Crippen LogP contribution in [0.1, 0.15) is 34.5 Å². The number of hydrogen-bond donors (Lipinski definition) is 5. The van der Waals surface area contributed by atoms with Crippen molar-refractivity contribution >= 4 is 17.7 Å². The third kappa shape index (κ3) is 5.72. The minimum atomic E-state index is -1.42. The highest BCUT2D eigenvalue weighted by Gasteiger charge is 2.48. The number of ether oxygens (including phenoxy) is 1. The van der Waals surface area contributed by atoms with E-state index in [1.807, 2.05) is 11.9 Å². The summed E-state index contributed by atoms with van der Waals surface area (Å²) in [5, 5.41) is 43.5. The minimum Gasteiger partial charge on any atom is -1.00 e. The summed E-state index contributed by atoms with van der Waals surface area (Å²) < 4.78 is 5.72. The number of nitrogens with zero attached hydrogens (tertiary/aromatic N) is 1.